The third-order valence-corrected chi connectivity index (χ3v) is 5.28. The van der Waals surface area contributed by atoms with Crippen molar-refractivity contribution in [2.24, 2.45) is 0 Å². The molecule has 3 heterocycles. The molecule has 3 N–H and O–H groups in total. The first kappa shape index (κ1) is 19.3. The molecule has 154 valence electrons. The summed E-state index contributed by atoms with van der Waals surface area (Å²) in [4.78, 5) is 25.8. The highest BCUT2D eigenvalue weighted by Crippen LogP contribution is 2.40. The van der Waals surface area contributed by atoms with Gasteiger partial charge in [-0.3, -0.25) is 0 Å². The van der Waals surface area contributed by atoms with Crippen LogP contribution in [-0.2, 0) is 0 Å². The predicted octanol–water partition coefficient (Wildman–Crippen LogP) is 3.46. The van der Waals surface area contributed by atoms with Crippen molar-refractivity contribution in [2.75, 3.05) is 18.8 Å². The molecule has 1 aliphatic carbocycles. The molecule has 2 aromatic heterocycles. The Morgan fingerprint density at radius 3 is 2.52 bits per heavy atom. The van der Waals surface area contributed by atoms with Crippen LogP contribution in [-0.4, -0.2) is 50.8 Å². The zero-order chi connectivity index (χ0) is 20.5. The number of anilines is 1. The van der Waals surface area contributed by atoms with E-state index in [1.165, 1.54) is 17.2 Å². The van der Waals surface area contributed by atoms with E-state index in [0.717, 1.165) is 24.4 Å². The van der Waals surface area contributed by atoms with Gasteiger partial charge in [0, 0.05) is 42.4 Å². The summed E-state index contributed by atoms with van der Waals surface area (Å²) in [5.74, 6) is 0.827. The zero-order valence-electron chi connectivity index (χ0n) is 15.6. The fourth-order valence-corrected chi connectivity index (χ4v) is 3.52. The van der Waals surface area contributed by atoms with Crippen LogP contribution in [0.5, 0.6) is 5.75 Å². The van der Waals surface area contributed by atoms with Gasteiger partial charge in [0.25, 0.3) is 0 Å². The number of hydrogen-bond acceptors (Lipinski definition) is 6. The van der Waals surface area contributed by atoms with Crippen LogP contribution in [0.1, 0.15) is 49.0 Å². The number of carbonyl (C=O) groups is 1. The number of ether oxygens (including phenoxy) is 1. The van der Waals surface area contributed by atoms with Gasteiger partial charge in [0.15, 0.2) is 11.6 Å². The molecule has 0 unspecified atom stereocenters. The summed E-state index contributed by atoms with van der Waals surface area (Å²) in [7, 11) is 0. The average Bonchev–Trinajstić information content (AvgIpc) is 3.54. The van der Waals surface area contributed by atoms with Crippen LogP contribution in [0.25, 0.3) is 11.3 Å². The summed E-state index contributed by atoms with van der Waals surface area (Å²) in [5, 5.41) is 9.14. The van der Waals surface area contributed by atoms with Crippen molar-refractivity contribution in [3.05, 3.63) is 29.8 Å². The largest absolute Gasteiger partial charge is 0.465 e. The Bertz CT molecular complexity index is 915. The van der Waals surface area contributed by atoms with Gasteiger partial charge in [-0.25, -0.2) is 19.7 Å². The van der Waals surface area contributed by atoms with E-state index in [-0.39, 0.29) is 17.5 Å². The monoisotopic (exact) mass is 405 g/mol. The summed E-state index contributed by atoms with van der Waals surface area (Å²) >= 11 is 0. The molecule has 1 amide bonds. The SMILES string of the molecule is Nc1ncc(-c2cc(C3CCN(C(=O)O)CC3)nc(C3CC3)n2)cc1OC(F)F. The smallest absolute Gasteiger partial charge is 0.407 e. The molecule has 0 spiro atoms. The summed E-state index contributed by atoms with van der Waals surface area (Å²) in [5.41, 5.74) is 7.57. The number of amides is 1. The Morgan fingerprint density at radius 2 is 1.90 bits per heavy atom. The predicted molar refractivity (Wildman–Crippen MR) is 99.9 cm³/mol. The van der Waals surface area contributed by atoms with Crippen LogP contribution < -0.4 is 10.5 Å². The molecule has 2 fully saturated rings. The van der Waals surface area contributed by atoms with Crippen molar-refractivity contribution >= 4 is 11.9 Å². The molecule has 0 aromatic carbocycles. The highest BCUT2D eigenvalue weighted by atomic mass is 19.3. The zero-order valence-corrected chi connectivity index (χ0v) is 15.6. The van der Waals surface area contributed by atoms with Gasteiger partial charge in [-0.1, -0.05) is 0 Å². The normalized spacial score (nSPS) is 17.6. The van der Waals surface area contributed by atoms with E-state index in [9.17, 15) is 13.6 Å². The number of hydrogen-bond donors (Lipinski definition) is 2. The molecule has 4 rings (SSSR count). The molecular formula is C19H21F2N5O3. The average molecular weight is 405 g/mol. The minimum atomic E-state index is -3.00. The topological polar surface area (TPSA) is 114 Å². The molecule has 0 bridgehead atoms. The first-order chi connectivity index (χ1) is 13.9. The Morgan fingerprint density at radius 1 is 1.17 bits per heavy atom. The number of aromatic nitrogens is 3. The lowest BCUT2D eigenvalue weighted by Crippen LogP contribution is -2.37. The molecular weight excluding hydrogens is 384 g/mol. The lowest BCUT2D eigenvalue weighted by atomic mass is 9.92. The van der Waals surface area contributed by atoms with Crippen molar-refractivity contribution in [3.8, 4) is 17.0 Å². The van der Waals surface area contributed by atoms with Gasteiger partial charge >= 0.3 is 12.7 Å². The highest BCUT2D eigenvalue weighted by molar-refractivity contribution is 5.65. The maximum absolute atomic E-state index is 12.6. The van der Waals surface area contributed by atoms with Gasteiger partial charge in [-0.2, -0.15) is 8.78 Å². The number of pyridine rings is 1. The van der Waals surface area contributed by atoms with E-state index in [1.807, 2.05) is 6.07 Å². The fraction of sp³-hybridized carbons (Fsp3) is 0.474. The molecule has 2 aromatic rings. The van der Waals surface area contributed by atoms with Crippen molar-refractivity contribution in [1.29, 1.82) is 0 Å². The Kier molecular flexibility index (Phi) is 5.16. The standard InChI is InChI=1S/C19H21F2N5O3/c20-18(21)29-15-7-12(9-23-16(15)22)14-8-13(24-17(25-14)11-1-2-11)10-3-5-26(6-4-10)19(27)28/h7-11,18H,1-6H2,(H2,22,23)(H,27,28). The van der Waals surface area contributed by atoms with Crippen LogP contribution >= 0.6 is 0 Å². The van der Waals surface area contributed by atoms with Crippen LogP contribution in [0.3, 0.4) is 0 Å². The minimum absolute atomic E-state index is 0.114. The number of nitrogens with two attached hydrogens (primary N) is 1. The highest BCUT2D eigenvalue weighted by Gasteiger charge is 2.30. The molecule has 0 radical (unpaired) electrons. The molecule has 2 aliphatic rings. The minimum Gasteiger partial charge on any atom is -0.465 e. The first-order valence-corrected chi connectivity index (χ1v) is 9.48. The molecule has 8 nitrogen and oxygen atoms in total. The van der Waals surface area contributed by atoms with Crippen molar-refractivity contribution < 1.29 is 23.4 Å². The summed E-state index contributed by atoms with van der Waals surface area (Å²) in [6.07, 6.45) is 3.94. The second kappa shape index (κ2) is 7.76. The molecule has 0 atom stereocenters. The van der Waals surface area contributed by atoms with E-state index in [2.05, 4.69) is 14.7 Å². The number of halogens is 2. The maximum atomic E-state index is 12.6. The number of nitrogens with zero attached hydrogens (tertiary/aromatic N) is 4. The Labute approximate surface area is 165 Å². The van der Waals surface area contributed by atoms with E-state index in [0.29, 0.717) is 43.1 Å². The number of likely N-dealkylation sites (tertiary alicyclic amines) is 1. The molecule has 29 heavy (non-hydrogen) atoms. The number of carboxylic acid groups (broad SMARTS) is 1. The number of piperidine rings is 1. The summed E-state index contributed by atoms with van der Waals surface area (Å²) < 4.78 is 29.7. The van der Waals surface area contributed by atoms with Crippen molar-refractivity contribution in [1.82, 2.24) is 19.9 Å². The number of alkyl halides is 2. The summed E-state index contributed by atoms with van der Waals surface area (Å²) in [6, 6.07) is 3.23. The van der Waals surface area contributed by atoms with E-state index >= 15 is 0 Å². The van der Waals surface area contributed by atoms with Gasteiger partial charge in [0.05, 0.1) is 5.69 Å². The number of rotatable bonds is 5. The van der Waals surface area contributed by atoms with Gasteiger partial charge < -0.3 is 20.5 Å². The molecule has 1 saturated heterocycles. The lowest BCUT2D eigenvalue weighted by Gasteiger charge is -2.29. The van der Waals surface area contributed by atoms with Gasteiger partial charge in [0.2, 0.25) is 0 Å². The second-order valence-corrected chi connectivity index (χ2v) is 7.34. The quantitative estimate of drug-likeness (QED) is 0.783. The van der Waals surface area contributed by atoms with Gasteiger partial charge in [-0.15, -0.1) is 0 Å². The third-order valence-electron chi connectivity index (χ3n) is 5.28. The first-order valence-electron chi connectivity index (χ1n) is 9.48. The van der Waals surface area contributed by atoms with Crippen LogP contribution in [0.15, 0.2) is 18.3 Å². The lowest BCUT2D eigenvalue weighted by molar-refractivity contribution is -0.0494. The van der Waals surface area contributed by atoms with Gasteiger partial charge in [0.1, 0.15) is 5.82 Å². The molecule has 1 aliphatic heterocycles. The van der Waals surface area contributed by atoms with Crippen molar-refractivity contribution in [2.45, 2.75) is 44.1 Å². The molecule has 10 heteroatoms. The van der Waals surface area contributed by atoms with Crippen LogP contribution in [0.4, 0.5) is 19.4 Å². The maximum Gasteiger partial charge on any atom is 0.407 e. The van der Waals surface area contributed by atoms with Crippen LogP contribution in [0, 0.1) is 0 Å². The Hall–Kier alpha value is -3.04. The summed E-state index contributed by atoms with van der Waals surface area (Å²) in [6.45, 7) is -2.10. The second-order valence-electron chi connectivity index (χ2n) is 7.34. The van der Waals surface area contributed by atoms with Crippen LogP contribution in [0.2, 0.25) is 0 Å². The Balaban J connectivity index is 1.65. The molecule has 1 saturated carbocycles. The van der Waals surface area contributed by atoms with E-state index in [1.54, 1.807) is 0 Å². The fourth-order valence-electron chi connectivity index (χ4n) is 3.52. The van der Waals surface area contributed by atoms with E-state index < -0.39 is 12.7 Å². The number of nitrogen functional groups attached to an aromatic ring is 1. The third kappa shape index (κ3) is 4.36. The van der Waals surface area contributed by atoms with Gasteiger partial charge in [-0.05, 0) is 37.8 Å². The van der Waals surface area contributed by atoms with Crippen molar-refractivity contribution in [3.63, 3.8) is 0 Å². The van der Waals surface area contributed by atoms with E-state index in [4.69, 9.17) is 15.8 Å².